The van der Waals surface area contributed by atoms with Crippen LogP contribution in [0.25, 0.3) is 0 Å². The lowest BCUT2D eigenvalue weighted by molar-refractivity contribution is -0.134. The second-order valence-corrected chi connectivity index (χ2v) is 6.56. The Morgan fingerprint density at radius 1 is 1.37 bits per heavy atom. The molecule has 1 aliphatic carbocycles. The molecular formula is C13H16F3NOS. The van der Waals surface area contributed by atoms with Crippen molar-refractivity contribution in [3.63, 3.8) is 0 Å². The third-order valence-corrected chi connectivity index (χ3v) is 4.97. The van der Waals surface area contributed by atoms with E-state index in [1.807, 2.05) is 13.8 Å². The Hall–Kier alpha value is -1.04. The van der Waals surface area contributed by atoms with Crippen LogP contribution in [-0.2, 0) is 11.0 Å². The average Bonchev–Trinajstić information content (AvgIpc) is 2.87. The summed E-state index contributed by atoms with van der Waals surface area (Å²) >= 11 is 0.728. The normalized spacial score (nSPS) is 19.5. The summed E-state index contributed by atoms with van der Waals surface area (Å²) in [7, 11) is 0. The molecule has 2 nitrogen and oxygen atoms in total. The fourth-order valence-corrected chi connectivity index (χ4v) is 4.02. The summed E-state index contributed by atoms with van der Waals surface area (Å²) in [5.74, 6) is -0.533. The van der Waals surface area contributed by atoms with E-state index in [9.17, 15) is 18.0 Å². The van der Waals surface area contributed by atoms with Crippen molar-refractivity contribution >= 4 is 17.2 Å². The summed E-state index contributed by atoms with van der Waals surface area (Å²) in [4.78, 5) is 11.6. The molecule has 0 unspecified atom stereocenters. The van der Waals surface area contributed by atoms with Crippen LogP contribution in [0.5, 0.6) is 0 Å². The third kappa shape index (κ3) is 2.50. The highest BCUT2D eigenvalue weighted by atomic mass is 32.1. The molecule has 0 saturated heterocycles. The van der Waals surface area contributed by atoms with Crippen molar-refractivity contribution in [2.24, 2.45) is 17.1 Å². The zero-order valence-electron chi connectivity index (χ0n) is 10.8. The van der Waals surface area contributed by atoms with Gasteiger partial charge in [-0.15, -0.1) is 11.3 Å². The summed E-state index contributed by atoms with van der Waals surface area (Å²) in [5.41, 5.74) is 4.81. The molecule has 0 aliphatic heterocycles. The van der Waals surface area contributed by atoms with Crippen LogP contribution in [-0.4, -0.2) is 5.91 Å². The SMILES string of the molecule is CC(C)[C@@H](c1ccc(C(F)(F)F)s1)C1(C(N)=O)CC1. The molecule has 0 radical (unpaired) electrons. The molecule has 2 rings (SSSR count). The van der Waals surface area contributed by atoms with Crippen LogP contribution in [0, 0.1) is 11.3 Å². The number of alkyl halides is 3. The molecule has 1 heterocycles. The number of carbonyl (C=O) groups is 1. The van der Waals surface area contributed by atoms with E-state index in [0.717, 1.165) is 17.4 Å². The molecule has 1 aromatic heterocycles. The van der Waals surface area contributed by atoms with Gasteiger partial charge < -0.3 is 5.73 Å². The molecule has 0 aromatic carbocycles. The summed E-state index contributed by atoms with van der Waals surface area (Å²) in [6.45, 7) is 3.83. The Morgan fingerprint density at radius 3 is 2.26 bits per heavy atom. The molecule has 19 heavy (non-hydrogen) atoms. The summed E-state index contributed by atoms with van der Waals surface area (Å²) in [6, 6.07) is 2.58. The highest BCUT2D eigenvalue weighted by Crippen LogP contribution is 2.59. The smallest absolute Gasteiger partial charge is 0.369 e. The minimum atomic E-state index is -4.33. The van der Waals surface area contributed by atoms with E-state index >= 15 is 0 Å². The van der Waals surface area contributed by atoms with Crippen molar-refractivity contribution in [1.82, 2.24) is 0 Å². The number of hydrogen-bond donors (Lipinski definition) is 1. The minimum absolute atomic E-state index is 0.0785. The van der Waals surface area contributed by atoms with Crippen molar-refractivity contribution in [3.8, 4) is 0 Å². The number of carbonyl (C=O) groups excluding carboxylic acids is 1. The van der Waals surface area contributed by atoms with Crippen LogP contribution >= 0.6 is 11.3 Å². The highest BCUT2D eigenvalue weighted by Gasteiger charge is 2.56. The lowest BCUT2D eigenvalue weighted by Gasteiger charge is -2.27. The van der Waals surface area contributed by atoms with Gasteiger partial charge >= 0.3 is 6.18 Å². The van der Waals surface area contributed by atoms with Crippen LogP contribution in [0.2, 0.25) is 0 Å². The zero-order valence-corrected chi connectivity index (χ0v) is 11.6. The quantitative estimate of drug-likeness (QED) is 0.901. The maximum Gasteiger partial charge on any atom is 0.425 e. The van der Waals surface area contributed by atoms with E-state index < -0.39 is 22.4 Å². The van der Waals surface area contributed by atoms with Gasteiger partial charge in [-0.25, -0.2) is 0 Å². The Labute approximate surface area is 113 Å². The zero-order chi connectivity index (χ0) is 14.4. The largest absolute Gasteiger partial charge is 0.425 e. The van der Waals surface area contributed by atoms with Crippen molar-refractivity contribution in [2.75, 3.05) is 0 Å². The number of nitrogens with two attached hydrogens (primary N) is 1. The molecule has 0 bridgehead atoms. The molecule has 106 valence electrons. The van der Waals surface area contributed by atoms with Gasteiger partial charge in [-0.2, -0.15) is 13.2 Å². The second kappa shape index (κ2) is 4.51. The number of rotatable bonds is 4. The molecular weight excluding hydrogens is 275 g/mol. The Kier molecular flexibility index (Phi) is 3.41. The van der Waals surface area contributed by atoms with Gasteiger partial charge in [0.15, 0.2) is 0 Å². The third-order valence-electron chi connectivity index (χ3n) is 3.75. The number of thiophene rings is 1. The average molecular weight is 291 g/mol. The Bertz CT molecular complexity index is 488. The minimum Gasteiger partial charge on any atom is -0.369 e. The Morgan fingerprint density at radius 2 is 1.95 bits per heavy atom. The molecule has 1 saturated carbocycles. The molecule has 1 atom stereocenters. The molecule has 1 amide bonds. The van der Waals surface area contributed by atoms with E-state index in [1.165, 1.54) is 6.07 Å². The first-order chi connectivity index (χ1) is 8.68. The molecule has 1 aliphatic rings. The van der Waals surface area contributed by atoms with Gasteiger partial charge in [0, 0.05) is 10.8 Å². The first kappa shape index (κ1) is 14.4. The van der Waals surface area contributed by atoms with Crippen molar-refractivity contribution < 1.29 is 18.0 Å². The maximum absolute atomic E-state index is 12.7. The van der Waals surface area contributed by atoms with Gasteiger partial charge in [0.25, 0.3) is 0 Å². The van der Waals surface area contributed by atoms with Crippen molar-refractivity contribution in [1.29, 1.82) is 0 Å². The number of amides is 1. The monoisotopic (exact) mass is 291 g/mol. The van der Waals surface area contributed by atoms with Gasteiger partial charge in [0.05, 0.1) is 5.41 Å². The van der Waals surface area contributed by atoms with E-state index in [-0.39, 0.29) is 11.8 Å². The summed E-state index contributed by atoms with van der Waals surface area (Å²) in [6.07, 6.45) is -2.98. The van der Waals surface area contributed by atoms with Crippen molar-refractivity contribution in [2.45, 2.75) is 38.8 Å². The topological polar surface area (TPSA) is 43.1 Å². The standard InChI is InChI=1S/C13H16F3NOS/c1-7(2)10(12(5-6-12)11(17)18)8-3-4-9(19-8)13(14,15)16/h3-4,7,10H,5-6H2,1-2H3,(H2,17,18)/t10-/m0/s1. The number of hydrogen-bond acceptors (Lipinski definition) is 2. The van der Waals surface area contributed by atoms with E-state index in [1.54, 1.807) is 0 Å². The molecule has 6 heteroatoms. The van der Waals surface area contributed by atoms with Crippen LogP contribution in [0.4, 0.5) is 13.2 Å². The second-order valence-electron chi connectivity index (χ2n) is 5.44. The predicted octanol–water partition coefficient (Wildman–Crippen LogP) is 3.77. The van der Waals surface area contributed by atoms with Gasteiger partial charge in [0.1, 0.15) is 4.88 Å². The van der Waals surface area contributed by atoms with Crippen LogP contribution in [0.1, 0.15) is 42.4 Å². The van der Waals surface area contributed by atoms with E-state index in [4.69, 9.17) is 5.73 Å². The summed E-state index contributed by atoms with van der Waals surface area (Å²) in [5, 5.41) is 0. The van der Waals surface area contributed by atoms with Crippen LogP contribution in [0.15, 0.2) is 12.1 Å². The molecule has 2 N–H and O–H groups in total. The molecule has 1 aromatic rings. The maximum atomic E-state index is 12.7. The van der Waals surface area contributed by atoms with Gasteiger partial charge in [-0.3, -0.25) is 4.79 Å². The fraction of sp³-hybridized carbons (Fsp3) is 0.615. The van der Waals surface area contributed by atoms with Crippen molar-refractivity contribution in [3.05, 3.63) is 21.9 Å². The first-order valence-corrected chi connectivity index (χ1v) is 6.97. The van der Waals surface area contributed by atoms with E-state index in [0.29, 0.717) is 17.7 Å². The lowest BCUT2D eigenvalue weighted by atomic mass is 9.79. The predicted molar refractivity (Wildman–Crippen MR) is 67.8 cm³/mol. The van der Waals surface area contributed by atoms with Crippen LogP contribution in [0.3, 0.4) is 0 Å². The van der Waals surface area contributed by atoms with E-state index in [2.05, 4.69) is 0 Å². The van der Waals surface area contributed by atoms with Gasteiger partial charge in [-0.1, -0.05) is 13.8 Å². The fourth-order valence-electron chi connectivity index (χ4n) is 2.76. The molecule has 1 fully saturated rings. The summed E-state index contributed by atoms with van der Waals surface area (Å²) < 4.78 is 38.0. The number of halogens is 3. The Balaban J connectivity index is 2.36. The number of primary amides is 1. The molecule has 0 spiro atoms. The lowest BCUT2D eigenvalue weighted by Crippen LogP contribution is -2.32. The highest BCUT2D eigenvalue weighted by molar-refractivity contribution is 7.12. The first-order valence-electron chi connectivity index (χ1n) is 6.15. The van der Waals surface area contributed by atoms with Crippen LogP contribution < -0.4 is 5.73 Å². The van der Waals surface area contributed by atoms with Gasteiger partial charge in [-0.05, 0) is 30.9 Å². The van der Waals surface area contributed by atoms with Gasteiger partial charge in [0.2, 0.25) is 5.91 Å².